The molecule has 0 N–H and O–H groups in total. The van der Waals surface area contributed by atoms with Crippen LogP contribution in [0.4, 0.5) is 0 Å². The maximum atomic E-state index is 12.9. The molecule has 0 saturated carbocycles. The van der Waals surface area contributed by atoms with Crippen molar-refractivity contribution >= 4 is 15.9 Å². The lowest BCUT2D eigenvalue weighted by Crippen LogP contribution is -2.48. The molecule has 0 unspecified atom stereocenters. The molecule has 0 spiro atoms. The van der Waals surface area contributed by atoms with Crippen molar-refractivity contribution in [3.8, 4) is 0 Å². The highest BCUT2D eigenvalue weighted by Crippen LogP contribution is 2.27. The van der Waals surface area contributed by atoms with Gasteiger partial charge in [0, 0.05) is 51.4 Å². The lowest BCUT2D eigenvalue weighted by molar-refractivity contribution is 0.0586. The van der Waals surface area contributed by atoms with E-state index in [4.69, 9.17) is 8.94 Å². The number of hydrogen-bond acceptors (Lipinski definition) is 7. The quantitative estimate of drug-likeness (QED) is 0.722. The number of sulfonamides is 1. The SMILES string of the molecule is Cc1cc(CN2CCN(C(=O)c3cc(S(=O)(=O)N4CCCC4)c(C)o3)CC2)on1. The van der Waals surface area contributed by atoms with E-state index in [1.165, 1.54) is 10.4 Å². The van der Waals surface area contributed by atoms with Crippen LogP contribution in [0.1, 0.15) is 40.6 Å². The van der Waals surface area contributed by atoms with Crippen molar-refractivity contribution in [1.29, 1.82) is 0 Å². The third-order valence-electron chi connectivity index (χ3n) is 5.48. The molecular formula is C19H26N4O5S. The van der Waals surface area contributed by atoms with Crippen LogP contribution in [0.5, 0.6) is 0 Å². The predicted molar refractivity (Wildman–Crippen MR) is 104 cm³/mol. The van der Waals surface area contributed by atoms with Crippen LogP contribution in [0.2, 0.25) is 0 Å². The highest BCUT2D eigenvalue weighted by Gasteiger charge is 2.33. The summed E-state index contributed by atoms with van der Waals surface area (Å²) in [7, 11) is -3.61. The monoisotopic (exact) mass is 422 g/mol. The van der Waals surface area contributed by atoms with E-state index in [0.29, 0.717) is 45.8 Å². The van der Waals surface area contributed by atoms with E-state index in [1.54, 1.807) is 11.8 Å². The normalized spacial score (nSPS) is 19.2. The highest BCUT2D eigenvalue weighted by atomic mass is 32.2. The summed E-state index contributed by atoms with van der Waals surface area (Å²) in [6, 6.07) is 3.29. The number of carbonyl (C=O) groups excluding carboxylic acids is 1. The molecule has 2 aliphatic heterocycles. The molecule has 4 heterocycles. The molecular weight excluding hydrogens is 396 g/mol. The Morgan fingerprint density at radius 3 is 2.38 bits per heavy atom. The van der Waals surface area contributed by atoms with Crippen LogP contribution >= 0.6 is 0 Å². The number of aryl methyl sites for hydroxylation is 2. The van der Waals surface area contributed by atoms with Gasteiger partial charge < -0.3 is 13.8 Å². The van der Waals surface area contributed by atoms with Crippen LogP contribution in [0.25, 0.3) is 0 Å². The average molecular weight is 423 g/mol. The number of hydrogen-bond donors (Lipinski definition) is 0. The number of amides is 1. The third-order valence-corrected chi connectivity index (χ3v) is 7.49. The van der Waals surface area contributed by atoms with E-state index in [-0.39, 0.29) is 22.3 Å². The smallest absolute Gasteiger partial charge is 0.289 e. The second kappa shape index (κ2) is 7.92. The van der Waals surface area contributed by atoms with Crippen LogP contribution in [-0.4, -0.2) is 72.9 Å². The number of furan rings is 1. The van der Waals surface area contributed by atoms with Crippen LogP contribution in [0.15, 0.2) is 26.0 Å². The van der Waals surface area contributed by atoms with E-state index >= 15 is 0 Å². The van der Waals surface area contributed by atoms with Gasteiger partial charge in [0.05, 0.1) is 12.2 Å². The van der Waals surface area contributed by atoms with Gasteiger partial charge in [0.15, 0.2) is 11.5 Å². The molecule has 29 heavy (non-hydrogen) atoms. The molecule has 10 heteroatoms. The van der Waals surface area contributed by atoms with Gasteiger partial charge in [-0.15, -0.1) is 0 Å². The molecule has 2 aromatic rings. The van der Waals surface area contributed by atoms with Gasteiger partial charge >= 0.3 is 0 Å². The minimum Gasteiger partial charge on any atom is -0.455 e. The van der Waals surface area contributed by atoms with E-state index < -0.39 is 10.0 Å². The standard InChI is InChI=1S/C19H26N4O5S/c1-14-11-16(28-20-14)13-21-7-9-22(10-8-21)19(24)17-12-18(15(2)27-17)29(25,26)23-5-3-4-6-23/h11-12H,3-10,13H2,1-2H3. The molecule has 0 aromatic carbocycles. The second-order valence-electron chi connectivity index (χ2n) is 7.65. The third kappa shape index (κ3) is 4.10. The Bertz CT molecular complexity index is 982. The molecule has 2 aliphatic rings. The summed E-state index contributed by atoms with van der Waals surface area (Å²) in [5, 5.41) is 3.89. The largest absolute Gasteiger partial charge is 0.455 e. The maximum Gasteiger partial charge on any atom is 0.289 e. The molecule has 158 valence electrons. The number of aromatic nitrogens is 1. The number of nitrogens with zero attached hydrogens (tertiary/aromatic N) is 4. The summed E-state index contributed by atoms with van der Waals surface area (Å²) < 4.78 is 37.9. The van der Waals surface area contributed by atoms with E-state index in [2.05, 4.69) is 10.1 Å². The Labute approximate surface area is 170 Å². The minimum atomic E-state index is -3.61. The Kier molecular flexibility index (Phi) is 5.50. The van der Waals surface area contributed by atoms with Crippen molar-refractivity contribution < 1.29 is 22.2 Å². The first-order valence-electron chi connectivity index (χ1n) is 9.89. The van der Waals surface area contributed by atoms with Crippen molar-refractivity contribution in [3.05, 3.63) is 35.1 Å². The molecule has 0 atom stereocenters. The number of carbonyl (C=O) groups is 1. The van der Waals surface area contributed by atoms with Crippen LogP contribution in [0.3, 0.4) is 0 Å². The van der Waals surface area contributed by atoms with Gasteiger partial charge in [0.2, 0.25) is 10.0 Å². The molecule has 9 nitrogen and oxygen atoms in total. The average Bonchev–Trinajstić information content (AvgIpc) is 3.43. The molecule has 2 saturated heterocycles. The zero-order valence-corrected chi connectivity index (χ0v) is 17.6. The number of rotatable bonds is 5. The van der Waals surface area contributed by atoms with Crippen LogP contribution in [-0.2, 0) is 16.6 Å². The summed E-state index contributed by atoms with van der Waals surface area (Å²) in [6.45, 7) is 7.64. The Balaban J connectivity index is 1.40. The Morgan fingerprint density at radius 2 is 1.76 bits per heavy atom. The first kappa shape index (κ1) is 20.1. The van der Waals surface area contributed by atoms with E-state index in [9.17, 15) is 13.2 Å². The topological polar surface area (TPSA) is 100 Å². The van der Waals surface area contributed by atoms with Crippen molar-refractivity contribution in [2.45, 2.75) is 38.1 Å². The molecule has 0 bridgehead atoms. The minimum absolute atomic E-state index is 0.0829. The van der Waals surface area contributed by atoms with Gasteiger partial charge in [-0.3, -0.25) is 9.69 Å². The first-order valence-corrected chi connectivity index (χ1v) is 11.3. The molecule has 0 radical (unpaired) electrons. The van der Waals surface area contributed by atoms with E-state index in [0.717, 1.165) is 24.3 Å². The fraction of sp³-hybridized carbons (Fsp3) is 0.579. The molecule has 2 fully saturated rings. The first-order chi connectivity index (χ1) is 13.8. The lowest BCUT2D eigenvalue weighted by atomic mass is 10.2. The maximum absolute atomic E-state index is 12.9. The molecule has 2 aromatic heterocycles. The molecule has 4 rings (SSSR count). The fourth-order valence-electron chi connectivity index (χ4n) is 3.87. The highest BCUT2D eigenvalue weighted by molar-refractivity contribution is 7.89. The Hall–Kier alpha value is -2.17. The van der Waals surface area contributed by atoms with Crippen molar-refractivity contribution in [2.24, 2.45) is 0 Å². The van der Waals surface area contributed by atoms with Crippen molar-refractivity contribution in [1.82, 2.24) is 19.3 Å². The Morgan fingerprint density at radius 1 is 1.07 bits per heavy atom. The van der Waals surface area contributed by atoms with Crippen LogP contribution < -0.4 is 0 Å². The lowest BCUT2D eigenvalue weighted by Gasteiger charge is -2.33. The van der Waals surface area contributed by atoms with Gasteiger partial charge in [0.25, 0.3) is 5.91 Å². The molecule has 1 amide bonds. The summed E-state index contributed by atoms with van der Waals surface area (Å²) in [5.74, 6) is 0.881. The zero-order chi connectivity index (χ0) is 20.6. The van der Waals surface area contributed by atoms with E-state index in [1.807, 2.05) is 13.0 Å². The summed E-state index contributed by atoms with van der Waals surface area (Å²) in [5.41, 5.74) is 0.849. The van der Waals surface area contributed by atoms with Crippen molar-refractivity contribution in [2.75, 3.05) is 39.3 Å². The number of piperazine rings is 1. The molecule has 0 aliphatic carbocycles. The van der Waals surface area contributed by atoms with Gasteiger partial charge in [-0.05, 0) is 26.7 Å². The van der Waals surface area contributed by atoms with Gasteiger partial charge in [0.1, 0.15) is 10.7 Å². The predicted octanol–water partition coefficient (Wildman–Crippen LogP) is 1.63. The van der Waals surface area contributed by atoms with Gasteiger partial charge in [-0.25, -0.2) is 8.42 Å². The zero-order valence-electron chi connectivity index (χ0n) is 16.8. The summed E-state index contributed by atoms with van der Waals surface area (Å²) in [6.07, 6.45) is 1.72. The van der Waals surface area contributed by atoms with Crippen LogP contribution in [0, 0.1) is 13.8 Å². The van der Waals surface area contributed by atoms with Gasteiger partial charge in [-0.2, -0.15) is 4.31 Å². The van der Waals surface area contributed by atoms with Crippen molar-refractivity contribution in [3.63, 3.8) is 0 Å². The second-order valence-corrected chi connectivity index (χ2v) is 9.55. The van der Waals surface area contributed by atoms with Gasteiger partial charge in [-0.1, -0.05) is 5.16 Å². The fourth-order valence-corrected chi connectivity index (χ4v) is 5.55. The summed E-state index contributed by atoms with van der Waals surface area (Å²) >= 11 is 0. The summed E-state index contributed by atoms with van der Waals surface area (Å²) in [4.78, 5) is 16.9.